The first-order valence-electron chi connectivity index (χ1n) is 6.35. The van der Waals surface area contributed by atoms with Crippen molar-refractivity contribution in [2.45, 2.75) is 33.7 Å². The SMILES string of the molecule is Cc1ccc(-n2nc(C(=O)O)n(C(C)C)c2=O)c(C)c1. The van der Waals surface area contributed by atoms with E-state index in [9.17, 15) is 14.7 Å². The molecule has 1 aromatic carbocycles. The molecule has 0 radical (unpaired) electrons. The minimum absolute atomic E-state index is 0.245. The van der Waals surface area contributed by atoms with E-state index < -0.39 is 11.7 Å². The first-order chi connectivity index (χ1) is 9.32. The molecule has 0 amide bonds. The van der Waals surface area contributed by atoms with E-state index in [2.05, 4.69) is 5.10 Å². The fraction of sp³-hybridized carbons (Fsp3) is 0.357. The van der Waals surface area contributed by atoms with Crippen LogP contribution in [0.1, 0.15) is 41.6 Å². The molecule has 1 heterocycles. The molecule has 0 aliphatic rings. The largest absolute Gasteiger partial charge is 0.475 e. The van der Waals surface area contributed by atoms with Gasteiger partial charge < -0.3 is 5.11 Å². The highest BCUT2D eigenvalue weighted by Gasteiger charge is 2.22. The fourth-order valence-corrected chi connectivity index (χ4v) is 2.19. The van der Waals surface area contributed by atoms with Gasteiger partial charge in [-0.1, -0.05) is 17.7 Å². The van der Waals surface area contributed by atoms with E-state index in [4.69, 9.17) is 0 Å². The Hall–Kier alpha value is -2.37. The van der Waals surface area contributed by atoms with Crippen LogP contribution in [0.25, 0.3) is 5.69 Å². The zero-order valence-corrected chi connectivity index (χ0v) is 11.9. The minimum atomic E-state index is -1.21. The lowest BCUT2D eigenvalue weighted by atomic mass is 10.1. The van der Waals surface area contributed by atoms with Gasteiger partial charge in [-0.15, -0.1) is 5.10 Å². The number of nitrogens with zero attached hydrogens (tertiary/aromatic N) is 3. The number of benzene rings is 1. The molecule has 0 fully saturated rings. The predicted molar refractivity (Wildman–Crippen MR) is 74.6 cm³/mol. The molecule has 106 valence electrons. The minimum Gasteiger partial charge on any atom is -0.475 e. The van der Waals surface area contributed by atoms with Crippen molar-refractivity contribution in [2.75, 3.05) is 0 Å². The van der Waals surface area contributed by atoms with Gasteiger partial charge in [-0.3, -0.25) is 4.57 Å². The van der Waals surface area contributed by atoms with Crippen molar-refractivity contribution < 1.29 is 9.90 Å². The molecule has 0 saturated carbocycles. The van der Waals surface area contributed by atoms with E-state index >= 15 is 0 Å². The number of carboxylic acid groups (broad SMARTS) is 1. The Balaban J connectivity index is 2.73. The summed E-state index contributed by atoms with van der Waals surface area (Å²) in [5, 5.41) is 13.1. The molecular weight excluding hydrogens is 258 g/mol. The summed E-state index contributed by atoms with van der Waals surface area (Å²) in [6, 6.07) is 5.29. The summed E-state index contributed by atoms with van der Waals surface area (Å²) in [4.78, 5) is 23.6. The van der Waals surface area contributed by atoms with E-state index in [1.54, 1.807) is 19.9 Å². The lowest BCUT2D eigenvalue weighted by Gasteiger charge is -2.06. The van der Waals surface area contributed by atoms with E-state index in [0.29, 0.717) is 5.69 Å². The third-order valence-electron chi connectivity index (χ3n) is 3.10. The lowest BCUT2D eigenvalue weighted by molar-refractivity contribution is 0.0675. The molecule has 1 N–H and O–H groups in total. The molecule has 0 aliphatic heterocycles. The molecule has 0 saturated heterocycles. The maximum atomic E-state index is 12.4. The highest BCUT2D eigenvalue weighted by Crippen LogP contribution is 2.14. The van der Waals surface area contributed by atoms with Gasteiger partial charge >= 0.3 is 11.7 Å². The molecule has 0 unspecified atom stereocenters. The Morgan fingerprint density at radius 1 is 1.30 bits per heavy atom. The first kappa shape index (κ1) is 14.0. The molecule has 6 heteroatoms. The van der Waals surface area contributed by atoms with Crippen molar-refractivity contribution in [3.8, 4) is 5.69 Å². The first-order valence-corrected chi connectivity index (χ1v) is 6.35. The van der Waals surface area contributed by atoms with Crippen LogP contribution in [0.15, 0.2) is 23.0 Å². The van der Waals surface area contributed by atoms with Crippen molar-refractivity contribution in [2.24, 2.45) is 0 Å². The molecule has 0 spiro atoms. The summed E-state index contributed by atoms with van der Waals surface area (Å²) < 4.78 is 2.33. The Bertz CT molecular complexity index is 726. The highest BCUT2D eigenvalue weighted by atomic mass is 16.4. The van der Waals surface area contributed by atoms with Gasteiger partial charge in [0.1, 0.15) is 0 Å². The van der Waals surface area contributed by atoms with E-state index in [-0.39, 0.29) is 11.9 Å². The topological polar surface area (TPSA) is 77.1 Å². The van der Waals surface area contributed by atoms with Gasteiger partial charge in [0.2, 0.25) is 5.82 Å². The van der Waals surface area contributed by atoms with Gasteiger partial charge in [0.05, 0.1) is 5.69 Å². The number of carbonyl (C=O) groups is 1. The summed E-state index contributed by atoms with van der Waals surface area (Å²) in [6.07, 6.45) is 0. The lowest BCUT2D eigenvalue weighted by Crippen LogP contribution is -2.27. The van der Waals surface area contributed by atoms with Crippen LogP contribution in [-0.2, 0) is 0 Å². The molecule has 2 aromatic rings. The van der Waals surface area contributed by atoms with Crippen LogP contribution in [0, 0.1) is 13.8 Å². The van der Waals surface area contributed by atoms with Crippen LogP contribution in [0.3, 0.4) is 0 Å². The van der Waals surface area contributed by atoms with Crippen LogP contribution in [0.4, 0.5) is 0 Å². The predicted octanol–water partition coefficient (Wildman–Crippen LogP) is 1.93. The third kappa shape index (κ3) is 2.24. The Kier molecular flexibility index (Phi) is 3.48. The molecule has 6 nitrogen and oxygen atoms in total. The van der Waals surface area contributed by atoms with Crippen LogP contribution >= 0.6 is 0 Å². The number of carboxylic acids is 1. The smallest absolute Gasteiger partial charge is 0.374 e. The monoisotopic (exact) mass is 275 g/mol. The standard InChI is InChI=1S/C14H17N3O3/c1-8(2)16-12(13(18)19)15-17(14(16)20)11-6-5-9(3)7-10(11)4/h5-8H,1-4H3,(H,18,19). The molecule has 1 aromatic heterocycles. The Morgan fingerprint density at radius 2 is 1.95 bits per heavy atom. The number of rotatable bonds is 3. The quantitative estimate of drug-likeness (QED) is 0.928. The average molecular weight is 275 g/mol. The normalized spacial score (nSPS) is 11.1. The maximum Gasteiger partial charge on any atom is 0.374 e. The van der Waals surface area contributed by atoms with Crippen LogP contribution < -0.4 is 5.69 Å². The van der Waals surface area contributed by atoms with Gasteiger partial charge in [-0.25, -0.2) is 9.59 Å². The van der Waals surface area contributed by atoms with E-state index in [1.807, 2.05) is 26.0 Å². The highest BCUT2D eigenvalue weighted by molar-refractivity contribution is 5.83. The average Bonchev–Trinajstić information content (AvgIpc) is 2.67. The summed E-state index contributed by atoms with van der Waals surface area (Å²) in [5.74, 6) is -1.45. The van der Waals surface area contributed by atoms with Crippen molar-refractivity contribution in [1.82, 2.24) is 14.3 Å². The summed E-state index contributed by atoms with van der Waals surface area (Å²) >= 11 is 0. The summed E-state index contributed by atoms with van der Waals surface area (Å²) in [5.41, 5.74) is 2.10. The number of aromatic nitrogens is 3. The van der Waals surface area contributed by atoms with Crippen molar-refractivity contribution >= 4 is 5.97 Å². The zero-order chi connectivity index (χ0) is 15.0. The Morgan fingerprint density at radius 3 is 2.40 bits per heavy atom. The molecular formula is C14H17N3O3. The van der Waals surface area contributed by atoms with Crippen molar-refractivity contribution in [1.29, 1.82) is 0 Å². The molecule has 0 atom stereocenters. The third-order valence-corrected chi connectivity index (χ3v) is 3.10. The second kappa shape index (κ2) is 4.96. The summed E-state index contributed by atoms with van der Waals surface area (Å²) in [7, 11) is 0. The fourth-order valence-electron chi connectivity index (χ4n) is 2.19. The summed E-state index contributed by atoms with van der Waals surface area (Å²) in [6.45, 7) is 7.32. The molecule has 20 heavy (non-hydrogen) atoms. The van der Waals surface area contributed by atoms with Crippen LogP contribution in [0.2, 0.25) is 0 Å². The van der Waals surface area contributed by atoms with Crippen LogP contribution in [-0.4, -0.2) is 25.4 Å². The van der Waals surface area contributed by atoms with Gasteiger partial charge in [0, 0.05) is 6.04 Å². The second-order valence-corrected chi connectivity index (χ2v) is 5.08. The van der Waals surface area contributed by atoms with Crippen LogP contribution in [0.5, 0.6) is 0 Å². The van der Waals surface area contributed by atoms with Gasteiger partial charge in [0.25, 0.3) is 0 Å². The second-order valence-electron chi connectivity index (χ2n) is 5.08. The molecule has 0 bridgehead atoms. The van der Waals surface area contributed by atoms with E-state index in [1.165, 1.54) is 4.57 Å². The number of hydrogen-bond acceptors (Lipinski definition) is 3. The molecule has 2 rings (SSSR count). The zero-order valence-electron chi connectivity index (χ0n) is 11.9. The van der Waals surface area contributed by atoms with E-state index in [0.717, 1.165) is 15.8 Å². The maximum absolute atomic E-state index is 12.4. The number of hydrogen-bond donors (Lipinski definition) is 1. The number of aromatic carboxylic acids is 1. The molecule has 0 aliphatic carbocycles. The van der Waals surface area contributed by atoms with Crippen molar-refractivity contribution in [3.05, 3.63) is 45.6 Å². The van der Waals surface area contributed by atoms with Crippen molar-refractivity contribution in [3.63, 3.8) is 0 Å². The number of aryl methyl sites for hydroxylation is 2. The Labute approximate surface area is 116 Å². The van der Waals surface area contributed by atoms with Gasteiger partial charge in [-0.05, 0) is 39.3 Å². The van der Waals surface area contributed by atoms with Gasteiger partial charge in [0.15, 0.2) is 0 Å². The van der Waals surface area contributed by atoms with Gasteiger partial charge in [-0.2, -0.15) is 4.68 Å².